The van der Waals surface area contributed by atoms with Gasteiger partial charge >= 0.3 is 0 Å². The summed E-state index contributed by atoms with van der Waals surface area (Å²) in [5.74, 6) is 0.189. The Morgan fingerprint density at radius 3 is 3.12 bits per heavy atom. The van der Waals surface area contributed by atoms with Crippen LogP contribution < -0.4 is 5.32 Å². The third-order valence-electron chi connectivity index (χ3n) is 2.85. The van der Waals surface area contributed by atoms with E-state index in [4.69, 9.17) is 0 Å². The first kappa shape index (κ1) is 13.5. The predicted molar refractivity (Wildman–Crippen MR) is 69.6 cm³/mol. The molecule has 1 aromatic rings. The minimum absolute atomic E-state index is 0. The van der Waals surface area contributed by atoms with Crippen molar-refractivity contribution in [3.05, 3.63) is 22.4 Å². The first-order valence-corrected chi connectivity index (χ1v) is 6.25. The first-order chi connectivity index (χ1) is 7.33. The highest BCUT2D eigenvalue weighted by molar-refractivity contribution is 7.08. The van der Waals surface area contributed by atoms with Crippen LogP contribution in [0, 0.1) is 0 Å². The van der Waals surface area contributed by atoms with Crippen molar-refractivity contribution in [3.63, 3.8) is 0 Å². The molecule has 1 aliphatic rings. The molecule has 16 heavy (non-hydrogen) atoms. The van der Waals surface area contributed by atoms with E-state index in [1.54, 1.807) is 11.3 Å². The van der Waals surface area contributed by atoms with Crippen LogP contribution in [0.15, 0.2) is 16.8 Å². The van der Waals surface area contributed by atoms with Crippen LogP contribution in [0.3, 0.4) is 0 Å². The van der Waals surface area contributed by atoms with Gasteiger partial charge in [-0.1, -0.05) is 0 Å². The summed E-state index contributed by atoms with van der Waals surface area (Å²) in [6, 6.07) is 2.28. The van der Waals surface area contributed by atoms with E-state index >= 15 is 0 Å². The number of amides is 1. The highest BCUT2D eigenvalue weighted by Gasteiger charge is 2.28. The zero-order valence-electron chi connectivity index (χ0n) is 9.31. The van der Waals surface area contributed by atoms with Gasteiger partial charge in [-0.15, -0.1) is 12.4 Å². The topological polar surface area (TPSA) is 32.3 Å². The molecule has 1 amide bonds. The lowest BCUT2D eigenvalue weighted by Gasteiger charge is -2.24. The van der Waals surface area contributed by atoms with Gasteiger partial charge in [0.15, 0.2) is 0 Å². The van der Waals surface area contributed by atoms with Crippen LogP contribution in [0.5, 0.6) is 0 Å². The second-order valence-electron chi connectivity index (χ2n) is 3.86. The molecule has 0 saturated carbocycles. The van der Waals surface area contributed by atoms with Crippen LogP contribution in [0.4, 0.5) is 0 Å². The Balaban J connectivity index is 0.00000128. The lowest BCUT2D eigenvalue weighted by atomic mass is 10.2. The van der Waals surface area contributed by atoms with Crippen molar-refractivity contribution in [2.24, 2.45) is 0 Å². The standard InChI is InChI=1S/C11H16N2OS.ClH/c1-12-7-10-3-2-5-13(10)11(14)9-4-6-15-8-9;/h4,6,8,10,12H,2-3,5,7H2,1H3;1H. The molecule has 1 aromatic heterocycles. The molecule has 90 valence electrons. The molecule has 1 saturated heterocycles. The third kappa shape index (κ3) is 2.75. The van der Waals surface area contributed by atoms with Gasteiger partial charge < -0.3 is 10.2 Å². The summed E-state index contributed by atoms with van der Waals surface area (Å²) in [6.07, 6.45) is 2.25. The molecule has 2 rings (SSSR count). The van der Waals surface area contributed by atoms with Gasteiger partial charge in [0.05, 0.1) is 5.56 Å². The highest BCUT2D eigenvalue weighted by atomic mass is 35.5. The van der Waals surface area contributed by atoms with Crippen molar-refractivity contribution in [2.75, 3.05) is 20.1 Å². The Morgan fingerprint density at radius 1 is 1.69 bits per heavy atom. The minimum atomic E-state index is 0. The van der Waals surface area contributed by atoms with Crippen LogP contribution in [0.1, 0.15) is 23.2 Å². The molecule has 1 unspecified atom stereocenters. The summed E-state index contributed by atoms with van der Waals surface area (Å²) >= 11 is 1.58. The van der Waals surface area contributed by atoms with Gasteiger partial charge in [0.25, 0.3) is 5.91 Å². The number of likely N-dealkylation sites (N-methyl/N-ethyl adjacent to an activating group) is 1. The average molecular weight is 261 g/mol. The molecular formula is C11H17ClN2OS. The Kier molecular flexibility index (Phi) is 5.25. The molecule has 0 aromatic carbocycles. The zero-order chi connectivity index (χ0) is 10.7. The normalized spacial score (nSPS) is 19.6. The second kappa shape index (κ2) is 6.23. The highest BCUT2D eigenvalue weighted by Crippen LogP contribution is 2.20. The maximum Gasteiger partial charge on any atom is 0.254 e. The van der Waals surface area contributed by atoms with Crippen LogP contribution in [-0.2, 0) is 0 Å². The molecule has 2 heterocycles. The quantitative estimate of drug-likeness (QED) is 0.902. The smallest absolute Gasteiger partial charge is 0.254 e. The van der Waals surface area contributed by atoms with Crippen LogP contribution in [0.2, 0.25) is 0 Å². The van der Waals surface area contributed by atoms with Gasteiger partial charge in [0.1, 0.15) is 0 Å². The van der Waals surface area contributed by atoms with Crippen LogP contribution >= 0.6 is 23.7 Å². The Labute approximate surface area is 106 Å². The van der Waals surface area contributed by atoms with E-state index in [-0.39, 0.29) is 18.3 Å². The summed E-state index contributed by atoms with van der Waals surface area (Å²) in [7, 11) is 1.94. The maximum atomic E-state index is 12.1. The molecular weight excluding hydrogens is 244 g/mol. The first-order valence-electron chi connectivity index (χ1n) is 5.30. The fourth-order valence-corrected chi connectivity index (χ4v) is 2.73. The van der Waals surface area contributed by atoms with Gasteiger partial charge in [0, 0.05) is 24.5 Å². The molecule has 1 aliphatic heterocycles. The summed E-state index contributed by atoms with van der Waals surface area (Å²) < 4.78 is 0. The van der Waals surface area contributed by atoms with E-state index in [0.29, 0.717) is 6.04 Å². The van der Waals surface area contributed by atoms with Crippen molar-refractivity contribution < 1.29 is 4.79 Å². The van der Waals surface area contributed by atoms with Crippen molar-refractivity contribution in [2.45, 2.75) is 18.9 Å². The number of carbonyl (C=O) groups excluding carboxylic acids is 1. The summed E-state index contributed by atoms with van der Waals surface area (Å²) in [4.78, 5) is 14.1. The Morgan fingerprint density at radius 2 is 2.50 bits per heavy atom. The van der Waals surface area contributed by atoms with Crippen LogP contribution in [-0.4, -0.2) is 37.0 Å². The second-order valence-corrected chi connectivity index (χ2v) is 4.64. The van der Waals surface area contributed by atoms with E-state index in [9.17, 15) is 4.79 Å². The van der Waals surface area contributed by atoms with E-state index in [1.807, 2.05) is 28.8 Å². The third-order valence-corrected chi connectivity index (χ3v) is 3.53. The lowest BCUT2D eigenvalue weighted by Crippen LogP contribution is -2.40. The molecule has 0 spiro atoms. The fraction of sp³-hybridized carbons (Fsp3) is 0.545. The average Bonchev–Trinajstić information content (AvgIpc) is 2.87. The van der Waals surface area contributed by atoms with E-state index in [1.165, 1.54) is 0 Å². The van der Waals surface area contributed by atoms with Crippen LogP contribution in [0.25, 0.3) is 0 Å². The number of thiophene rings is 1. The molecule has 1 fully saturated rings. The number of hydrogen-bond acceptors (Lipinski definition) is 3. The zero-order valence-corrected chi connectivity index (χ0v) is 10.9. The number of rotatable bonds is 3. The summed E-state index contributed by atoms with van der Waals surface area (Å²) in [5, 5.41) is 7.03. The van der Waals surface area contributed by atoms with Crippen molar-refractivity contribution in [3.8, 4) is 0 Å². The molecule has 0 radical (unpaired) electrons. The molecule has 1 N–H and O–H groups in total. The van der Waals surface area contributed by atoms with E-state index in [2.05, 4.69) is 5.32 Å². The number of halogens is 1. The van der Waals surface area contributed by atoms with Gasteiger partial charge in [0.2, 0.25) is 0 Å². The van der Waals surface area contributed by atoms with Crippen molar-refractivity contribution in [1.82, 2.24) is 10.2 Å². The summed E-state index contributed by atoms with van der Waals surface area (Å²) in [5.41, 5.74) is 0.836. The van der Waals surface area contributed by atoms with Crippen molar-refractivity contribution >= 4 is 29.7 Å². The van der Waals surface area contributed by atoms with Gasteiger partial charge in [-0.3, -0.25) is 4.79 Å². The molecule has 0 aliphatic carbocycles. The summed E-state index contributed by atoms with van der Waals surface area (Å²) in [6.45, 7) is 1.80. The predicted octanol–water partition coefficient (Wildman–Crippen LogP) is 1.99. The number of nitrogens with zero attached hydrogens (tertiary/aromatic N) is 1. The number of likely N-dealkylation sites (tertiary alicyclic amines) is 1. The molecule has 3 nitrogen and oxygen atoms in total. The maximum absolute atomic E-state index is 12.1. The SMILES string of the molecule is CNCC1CCCN1C(=O)c1ccsc1.Cl. The lowest BCUT2D eigenvalue weighted by molar-refractivity contribution is 0.0737. The molecule has 5 heteroatoms. The van der Waals surface area contributed by atoms with E-state index in [0.717, 1.165) is 31.5 Å². The van der Waals surface area contributed by atoms with Gasteiger partial charge in [-0.05, 0) is 31.3 Å². The number of carbonyl (C=O) groups is 1. The number of hydrogen-bond donors (Lipinski definition) is 1. The Bertz CT molecular complexity index is 329. The van der Waals surface area contributed by atoms with Gasteiger partial charge in [-0.25, -0.2) is 0 Å². The minimum Gasteiger partial charge on any atom is -0.334 e. The largest absolute Gasteiger partial charge is 0.334 e. The Hall–Kier alpha value is -0.580. The molecule has 1 atom stereocenters. The van der Waals surface area contributed by atoms with Gasteiger partial charge in [-0.2, -0.15) is 11.3 Å². The molecule has 0 bridgehead atoms. The van der Waals surface area contributed by atoms with Crippen molar-refractivity contribution in [1.29, 1.82) is 0 Å². The monoisotopic (exact) mass is 260 g/mol. The van der Waals surface area contributed by atoms with E-state index < -0.39 is 0 Å². The fourth-order valence-electron chi connectivity index (χ4n) is 2.10. The number of nitrogens with one attached hydrogen (secondary N) is 1.